The number of rotatable bonds is 0. The van der Waals surface area contributed by atoms with Crippen molar-refractivity contribution in [2.45, 2.75) is 20.0 Å². The molecule has 0 saturated carbocycles. The van der Waals surface area contributed by atoms with Gasteiger partial charge in [-0.3, -0.25) is 0 Å². The Bertz CT molecular complexity index is 14.4. The first-order valence-electron chi connectivity index (χ1n) is 1.86. The minimum atomic E-state index is -0.167. The Labute approximate surface area is 66.8 Å². The Morgan fingerprint density at radius 3 is 1.14 bits per heavy atom. The molecule has 0 atom stereocenters. The smallest absolute Gasteiger partial charge is 0.0483 e. The largest absolute Gasteiger partial charge is 0.400 e. The Kier molecular flexibility index (Phi) is 35.3. The van der Waals surface area contributed by atoms with Crippen LogP contribution >= 0.6 is 0 Å². The first-order valence-corrected chi connectivity index (χ1v) is 1.86. The third-order valence-corrected chi connectivity index (χ3v) is 0. The summed E-state index contributed by atoms with van der Waals surface area (Å²) in [4.78, 5) is 0. The predicted octanol–water partition coefficient (Wildman–Crippen LogP) is -0.385. The van der Waals surface area contributed by atoms with E-state index in [0.717, 1.165) is 7.11 Å². The van der Waals surface area contributed by atoms with Gasteiger partial charge < -0.3 is 10.2 Å². The zero-order valence-corrected chi connectivity index (χ0v) is 7.47. The molecule has 0 aromatic carbocycles. The maximum Gasteiger partial charge on any atom is 0.0483 e. The standard InChI is InChI=1S/C3H8O.CH4O.Na/c1-3(2)4;1-2;/h3-4H,1-2H3;2H,1H3;. The van der Waals surface area contributed by atoms with Gasteiger partial charge in [-0.25, -0.2) is 0 Å². The minimum absolute atomic E-state index is 0. The van der Waals surface area contributed by atoms with Gasteiger partial charge in [0.25, 0.3) is 0 Å². The number of hydrogen-bond donors (Lipinski definition) is 2. The molecule has 0 aliphatic heterocycles. The maximum absolute atomic E-state index is 8.06. The molecular weight excluding hydrogens is 103 g/mol. The van der Waals surface area contributed by atoms with Crippen LogP contribution in [0.4, 0.5) is 0 Å². The van der Waals surface area contributed by atoms with Gasteiger partial charge >= 0.3 is 0 Å². The molecular formula is C4H12NaO2. The summed E-state index contributed by atoms with van der Waals surface area (Å²) >= 11 is 0. The van der Waals surface area contributed by atoms with Crippen molar-refractivity contribution in [3.8, 4) is 0 Å². The molecule has 0 unspecified atom stereocenters. The molecule has 0 amide bonds. The molecule has 7 heavy (non-hydrogen) atoms. The molecule has 0 saturated heterocycles. The van der Waals surface area contributed by atoms with E-state index in [0.29, 0.717) is 0 Å². The van der Waals surface area contributed by atoms with Crippen LogP contribution in [0.25, 0.3) is 0 Å². The van der Waals surface area contributed by atoms with Crippen molar-refractivity contribution in [3.63, 3.8) is 0 Å². The fraction of sp³-hybridized carbons (Fsp3) is 1.00. The fourth-order valence-electron chi connectivity index (χ4n) is 0. The van der Waals surface area contributed by atoms with Crippen molar-refractivity contribution >= 4 is 29.6 Å². The average Bonchev–Trinajstić information content (AvgIpc) is 1.41. The third-order valence-electron chi connectivity index (χ3n) is 0. The van der Waals surface area contributed by atoms with Crippen LogP contribution in [0.5, 0.6) is 0 Å². The number of aliphatic hydroxyl groups excluding tert-OH is 2. The van der Waals surface area contributed by atoms with Gasteiger partial charge in [-0.15, -0.1) is 0 Å². The summed E-state index contributed by atoms with van der Waals surface area (Å²) in [7, 11) is 1.00. The van der Waals surface area contributed by atoms with E-state index in [-0.39, 0.29) is 35.7 Å². The van der Waals surface area contributed by atoms with Crippen LogP contribution in [0.1, 0.15) is 13.8 Å². The van der Waals surface area contributed by atoms with Crippen molar-refractivity contribution in [2.75, 3.05) is 7.11 Å². The maximum atomic E-state index is 8.06. The first kappa shape index (κ1) is 15.7. The number of aliphatic hydroxyl groups is 2. The van der Waals surface area contributed by atoms with Crippen LogP contribution < -0.4 is 0 Å². The zero-order valence-electron chi connectivity index (χ0n) is 5.47. The van der Waals surface area contributed by atoms with Gasteiger partial charge in [0.1, 0.15) is 0 Å². The van der Waals surface area contributed by atoms with E-state index < -0.39 is 0 Å². The van der Waals surface area contributed by atoms with E-state index in [2.05, 4.69) is 0 Å². The monoisotopic (exact) mass is 115 g/mol. The molecule has 1 radical (unpaired) electrons. The van der Waals surface area contributed by atoms with E-state index in [4.69, 9.17) is 10.2 Å². The van der Waals surface area contributed by atoms with Gasteiger partial charge in [0, 0.05) is 42.8 Å². The van der Waals surface area contributed by atoms with Crippen LogP contribution in [0.3, 0.4) is 0 Å². The second-order valence-electron chi connectivity index (χ2n) is 1.09. The Hall–Kier alpha value is 0.920. The summed E-state index contributed by atoms with van der Waals surface area (Å²) < 4.78 is 0. The van der Waals surface area contributed by atoms with Crippen LogP contribution in [0.2, 0.25) is 0 Å². The SMILES string of the molecule is CC(C)O.CO.[Na]. The van der Waals surface area contributed by atoms with Gasteiger partial charge in [0.05, 0.1) is 0 Å². The number of hydrogen-bond acceptors (Lipinski definition) is 2. The summed E-state index contributed by atoms with van der Waals surface area (Å²) in [5.74, 6) is 0. The molecule has 0 spiro atoms. The molecule has 0 aromatic heterocycles. The summed E-state index contributed by atoms with van der Waals surface area (Å²) in [5.41, 5.74) is 0. The molecule has 2 nitrogen and oxygen atoms in total. The minimum Gasteiger partial charge on any atom is -0.400 e. The van der Waals surface area contributed by atoms with E-state index in [1.54, 1.807) is 13.8 Å². The van der Waals surface area contributed by atoms with Crippen LogP contribution in [-0.2, 0) is 0 Å². The molecule has 2 N–H and O–H groups in total. The summed E-state index contributed by atoms with van der Waals surface area (Å²) in [6.45, 7) is 3.44. The fourth-order valence-corrected chi connectivity index (χ4v) is 0. The quantitative estimate of drug-likeness (QED) is 0.422. The van der Waals surface area contributed by atoms with Crippen LogP contribution in [-0.4, -0.2) is 53.0 Å². The van der Waals surface area contributed by atoms with Crippen molar-refractivity contribution in [3.05, 3.63) is 0 Å². The van der Waals surface area contributed by atoms with E-state index in [9.17, 15) is 0 Å². The third kappa shape index (κ3) is 198. The zero-order chi connectivity index (χ0) is 5.58. The molecule has 0 bridgehead atoms. The van der Waals surface area contributed by atoms with Gasteiger partial charge in [-0.05, 0) is 13.8 Å². The summed E-state index contributed by atoms with van der Waals surface area (Å²) in [6, 6.07) is 0. The normalized spacial score (nSPS) is 6.00. The molecule has 3 heteroatoms. The van der Waals surface area contributed by atoms with Crippen LogP contribution in [0.15, 0.2) is 0 Å². The van der Waals surface area contributed by atoms with Crippen molar-refractivity contribution < 1.29 is 10.2 Å². The average molecular weight is 115 g/mol. The summed E-state index contributed by atoms with van der Waals surface area (Å²) in [6.07, 6.45) is -0.167. The summed E-state index contributed by atoms with van der Waals surface area (Å²) in [5, 5.41) is 15.1. The molecule has 0 rings (SSSR count). The topological polar surface area (TPSA) is 40.5 Å². The van der Waals surface area contributed by atoms with Crippen molar-refractivity contribution in [2.24, 2.45) is 0 Å². The Balaban J connectivity index is -0.0000000480. The van der Waals surface area contributed by atoms with Gasteiger partial charge in [-0.2, -0.15) is 0 Å². The Morgan fingerprint density at radius 2 is 1.14 bits per heavy atom. The van der Waals surface area contributed by atoms with Gasteiger partial charge in [0.2, 0.25) is 0 Å². The molecule has 0 aliphatic carbocycles. The van der Waals surface area contributed by atoms with E-state index in [1.807, 2.05) is 0 Å². The first-order chi connectivity index (χ1) is 2.73. The van der Waals surface area contributed by atoms with E-state index >= 15 is 0 Å². The molecule has 0 heterocycles. The second-order valence-corrected chi connectivity index (χ2v) is 1.09. The van der Waals surface area contributed by atoms with Crippen LogP contribution in [0, 0.1) is 0 Å². The molecule has 0 aromatic rings. The predicted molar refractivity (Wildman–Crippen MR) is 31.3 cm³/mol. The molecule has 41 valence electrons. The molecule has 0 aliphatic rings. The molecule has 0 fully saturated rings. The van der Waals surface area contributed by atoms with E-state index in [1.165, 1.54) is 0 Å². The van der Waals surface area contributed by atoms with Crippen molar-refractivity contribution in [1.82, 2.24) is 0 Å². The van der Waals surface area contributed by atoms with Gasteiger partial charge in [-0.1, -0.05) is 0 Å². The second kappa shape index (κ2) is 15.8. The van der Waals surface area contributed by atoms with Gasteiger partial charge in [0.15, 0.2) is 0 Å². The Morgan fingerprint density at radius 1 is 1.14 bits per heavy atom. The van der Waals surface area contributed by atoms with Crippen molar-refractivity contribution in [1.29, 1.82) is 0 Å².